The fourth-order valence-corrected chi connectivity index (χ4v) is 1.13. The van der Waals surface area contributed by atoms with E-state index in [2.05, 4.69) is 10.1 Å². The molecule has 13 heavy (non-hydrogen) atoms. The van der Waals surface area contributed by atoms with Crippen LogP contribution in [0.2, 0.25) is 0 Å². The summed E-state index contributed by atoms with van der Waals surface area (Å²) in [7, 11) is 0. The second kappa shape index (κ2) is 2.84. The summed E-state index contributed by atoms with van der Waals surface area (Å²) in [5.74, 6) is 0. The van der Waals surface area contributed by atoms with Gasteiger partial charge in [-0.25, -0.2) is 9.50 Å². The summed E-state index contributed by atoms with van der Waals surface area (Å²) in [6.07, 6.45) is 1.58. The first-order valence-electron chi connectivity index (χ1n) is 3.79. The molecule has 0 aliphatic rings. The molecule has 0 radical (unpaired) electrons. The van der Waals surface area contributed by atoms with Crippen molar-refractivity contribution >= 4 is 5.65 Å². The van der Waals surface area contributed by atoms with Gasteiger partial charge in [-0.15, -0.1) is 0 Å². The largest absolute Gasteiger partial charge is 0.325 e. The van der Waals surface area contributed by atoms with Crippen LogP contribution < -0.4 is 5.73 Å². The van der Waals surface area contributed by atoms with Gasteiger partial charge in [0, 0.05) is 18.8 Å². The van der Waals surface area contributed by atoms with Crippen molar-refractivity contribution in [2.45, 2.75) is 6.54 Å². The number of hydrogen-bond acceptors (Lipinski definition) is 4. The molecule has 2 heterocycles. The molecule has 2 N–H and O–H groups in total. The van der Waals surface area contributed by atoms with Crippen LogP contribution in [0.4, 0.5) is 0 Å². The molecule has 0 bridgehead atoms. The minimum atomic E-state index is 0.355. The molecule has 0 spiro atoms. The molecule has 5 heteroatoms. The van der Waals surface area contributed by atoms with Gasteiger partial charge in [0.25, 0.3) is 0 Å². The van der Waals surface area contributed by atoms with Gasteiger partial charge in [-0.1, -0.05) is 0 Å². The van der Waals surface area contributed by atoms with Crippen LogP contribution in [0.25, 0.3) is 5.65 Å². The van der Waals surface area contributed by atoms with Crippen LogP contribution in [0.15, 0.2) is 18.3 Å². The molecule has 0 saturated heterocycles. The zero-order valence-electron chi connectivity index (χ0n) is 6.81. The van der Waals surface area contributed by atoms with Gasteiger partial charge in [0.1, 0.15) is 11.8 Å². The molecule has 0 saturated carbocycles. The molecule has 0 aliphatic carbocycles. The van der Waals surface area contributed by atoms with E-state index < -0.39 is 0 Å². The molecule has 64 valence electrons. The Labute approximate surface area is 74.4 Å². The van der Waals surface area contributed by atoms with Gasteiger partial charge in [0.2, 0.25) is 0 Å². The van der Waals surface area contributed by atoms with Crippen LogP contribution >= 0.6 is 0 Å². The number of hydrogen-bond donors (Lipinski definition) is 1. The van der Waals surface area contributed by atoms with Crippen molar-refractivity contribution in [2.24, 2.45) is 5.73 Å². The third-order valence-corrected chi connectivity index (χ3v) is 1.73. The van der Waals surface area contributed by atoms with Crippen LogP contribution in [0.3, 0.4) is 0 Å². The number of nitrogens with zero attached hydrogens (tertiary/aromatic N) is 4. The average Bonchev–Trinajstić information content (AvgIpc) is 2.59. The van der Waals surface area contributed by atoms with Crippen molar-refractivity contribution in [3.8, 4) is 6.07 Å². The normalized spacial score (nSPS) is 10.2. The van der Waals surface area contributed by atoms with Crippen molar-refractivity contribution in [1.29, 1.82) is 5.26 Å². The first-order valence-corrected chi connectivity index (χ1v) is 3.79. The van der Waals surface area contributed by atoms with Crippen molar-refractivity contribution in [3.63, 3.8) is 0 Å². The van der Waals surface area contributed by atoms with Crippen molar-refractivity contribution < 1.29 is 0 Å². The van der Waals surface area contributed by atoms with Crippen LogP contribution in [-0.2, 0) is 6.54 Å². The van der Waals surface area contributed by atoms with E-state index >= 15 is 0 Å². The summed E-state index contributed by atoms with van der Waals surface area (Å²) < 4.78 is 1.49. The van der Waals surface area contributed by atoms with Gasteiger partial charge in [-0.3, -0.25) is 0 Å². The topological polar surface area (TPSA) is 80.0 Å². The summed E-state index contributed by atoms with van der Waals surface area (Å²) in [6.45, 7) is 0.355. The van der Waals surface area contributed by atoms with E-state index in [9.17, 15) is 0 Å². The molecule has 5 nitrogen and oxygen atoms in total. The van der Waals surface area contributed by atoms with Crippen LogP contribution in [0.5, 0.6) is 0 Å². The highest BCUT2D eigenvalue weighted by atomic mass is 15.3. The standard InChI is InChI=1S/C8H7N5/c9-4-6-3-8-11-2-1-7(5-10)13(8)12-6/h1-3H,4,9H2. The van der Waals surface area contributed by atoms with Gasteiger partial charge in [0.05, 0.1) is 5.69 Å². The molecule has 0 amide bonds. The lowest BCUT2D eigenvalue weighted by atomic mass is 10.4. The summed E-state index contributed by atoms with van der Waals surface area (Å²) in [5, 5.41) is 12.9. The lowest BCUT2D eigenvalue weighted by Gasteiger charge is -1.92. The van der Waals surface area contributed by atoms with Gasteiger partial charge in [-0.2, -0.15) is 10.4 Å². The summed E-state index contributed by atoms with van der Waals surface area (Å²) in [6, 6.07) is 5.40. The van der Waals surface area contributed by atoms with E-state index in [1.165, 1.54) is 4.52 Å². The minimum Gasteiger partial charge on any atom is -0.325 e. The van der Waals surface area contributed by atoms with Crippen molar-refractivity contribution in [1.82, 2.24) is 14.6 Å². The molecular formula is C8H7N5. The monoisotopic (exact) mass is 173 g/mol. The maximum atomic E-state index is 8.75. The Balaban J connectivity index is 2.76. The van der Waals surface area contributed by atoms with Gasteiger partial charge >= 0.3 is 0 Å². The smallest absolute Gasteiger partial charge is 0.156 e. The number of nitriles is 1. The van der Waals surface area contributed by atoms with Crippen molar-refractivity contribution in [2.75, 3.05) is 0 Å². The number of fused-ring (bicyclic) bond motifs is 1. The molecular weight excluding hydrogens is 166 g/mol. The molecule has 2 aromatic heterocycles. The number of rotatable bonds is 1. The Morgan fingerprint density at radius 1 is 1.62 bits per heavy atom. The predicted octanol–water partition coefficient (Wildman–Crippen LogP) is 0.0597. The predicted molar refractivity (Wildman–Crippen MR) is 45.6 cm³/mol. The number of aromatic nitrogens is 3. The maximum absolute atomic E-state index is 8.75. The quantitative estimate of drug-likeness (QED) is 0.661. The second-order valence-corrected chi connectivity index (χ2v) is 2.55. The lowest BCUT2D eigenvalue weighted by Crippen LogP contribution is -1.99. The Bertz CT molecular complexity index is 479. The Morgan fingerprint density at radius 3 is 3.15 bits per heavy atom. The third-order valence-electron chi connectivity index (χ3n) is 1.73. The van der Waals surface area contributed by atoms with Gasteiger partial charge in [-0.05, 0) is 6.07 Å². The van der Waals surface area contributed by atoms with Gasteiger partial charge < -0.3 is 5.73 Å². The average molecular weight is 173 g/mol. The number of nitrogens with two attached hydrogens (primary N) is 1. The fraction of sp³-hybridized carbons (Fsp3) is 0.125. The van der Waals surface area contributed by atoms with E-state index in [1.54, 1.807) is 18.3 Å². The highest BCUT2D eigenvalue weighted by Crippen LogP contribution is 2.05. The Hall–Kier alpha value is -1.93. The van der Waals surface area contributed by atoms with Crippen LogP contribution in [0.1, 0.15) is 11.4 Å². The van der Waals surface area contributed by atoms with Crippen LogP contribution in [-0.4, -0.2) is 14.6 Å². The van der Waals surface area contributed by atoms with Gasteiger partial charge in [0.15, 0.2) is 5.65 Å². The maximum Gasteiger partial charge on any atom is 0.156 e. The molecule has 2 aromatic rings. The summed E-state index contributed by atoms with van der Waals surface area (Å²) in [4.78, 5) is 4.05. The van der Waals surface area contributed by atoms with E-state index in [0.717, 1.165) is 5.69 Å². The summed E-state index contributed by atoms with van der Waals surface area (Å²) >= 11 is 0. The third kappa shape index (κ3) is 1.13. The van der Waals surface area contributed by atoms with Crippen molar-refractivity contribution in [3.05, 3.63) is 29.7 Å². The van der Waals surface area contributed by atoms with E-state index in [-0.39, 0.29) is 0 Å². The minimum absolute atomic E-state index is 0.355. The highest BCUT2D eigenvalue weighted by Gasteiger charge is 2.03. The zero-order valence-corrected chi connectivity index (χ0v) is 6.81. The van der Waals surface area contributed by atoms with E-state index in [1.807, 2.05) is 6.07 Å². The zero-order chi connectivity index (χ0) is 9.26. The first-order chi connectivity index (χ1) is 6.35. The second-order valence-electron chi connectivity index (χ2n) is 2.55. The molecule has 0 aliphatic heterocycles. The molecule has 0 aromatic carbocycles. The first kappa shape index (κ1) is 7.71. The van der Waals surface area contributed by atoms with Crippen LogP contribution in [0, 0.1) is 11.3 Å². The molecule has 0 fully saturated rings. The SMILES string of the molecule is N#Cc1ccnc2cc(CN)nn12. The Morgan fingerprint density at radius 2 is 2.46 bits per heavy atom. The lowest BCUT2D eigenvalue weighted by molar-refractivity contribution is 0.863. The molecule has 2 rings (SSSR count). The highest BCUT2D eigenvalue weighted by molar-refractivity contribution is 5.42. The molecule has 0 unspecified atom stereocenters. The fourth-order valence-electron chi connectivity index (χ4n) is 1.13. The summed E-state index contributed by atoms with van der Waals surface area (Å²) in [5.41, 5.74) is 7.27. The van der Waals surface area contributed by atoms with E-state index in [4.69, 9.17) is 11.0 Å². The van der Waals surface area contributed by atoms with E-state index in [0.29, 0.717) is 17.9 Å². The Kier molecular flexibility index (Phi) is 1.69. The molecule has 0 atom stereocenters.